The molecule has 0 heterocycles. The van der Waals surface area contributed by atoms with Crippen LogP contribution in [-0.2, 0) is 0 Å². The third kappa shape index (κ3) is 6.91. The van der Waals surface area contributed by atoms with Crippen LogP contribution in [0.2, 0.25) is 0 Å². The quantitative estimate of drug-likeness (QED) is 0.611. The van der Waals surface area contributed by atoms with Crippen molar-refractivity contribution in [1.82, 2.24) is 5.32 Å². The highest BCUT2D eigenvalue weighted by atomic mass is 14.9. The van der Waals surface area contributed by atoms with Gasteiger partial charge in [0.05, 0.1) is 0 Å². The van der Waals surface area contributed by atoms with E-state index in [9.17, 15) is 0 Å². The molecule has 0 rings (SSSR count). The van der Waals surface area contributed by atoms with Crippen LogP contribution in [0, 0.1) is 0 Å². The molecule has 1 N–H and O–H groups in total. The minimum atomic E-state index is 0.0859. The smallest absolute Gasteiger partial charge is 0.0289 e. The summed E-state index contributed by atoms with van der Waals surface area (Å²) in [5.41, 5.74) is 1.00. The molecule has 0 unspecified atom stereocenters. The molecule has 0 saturated heterocycles. The molecule has 0 amide bonds. The predicted octanol–water partition coefficient (Wildman–Crippen LogP) is 2.63. The third-order valence-electron chi connectivity index (χ3n) is 0.969. The van der Waals surface area contributed by atoms with E-state index in [1.807, 2.05) is 12.2 Å². The summed E-state index contributed by atoms with van der Waals surface area (Å²) in [6.07, 6.45) is 5.49. The minimum Gasteiger partial charge on any atom is -0.381 e. The van der Waals surface area contributed by atoms with Crippen LogP contribution < -0.4 is 5.32 Å². The molecule has 0 aromatic rings. The van der Waals surface area contributed by atoms with E-state index in [0.717, 1.165) is 5.70 Å². The van der Waals surface area contributed by atoms with Crippen LogP contribution >= 0.6 is 0 Å². The molecule has 0 aliphatic carbocycles. The van der Waals surface area contributed by atoms with E-state index < -0.39 is 0 Å². The van der Waals surface area contributed by atoms with Crippen LogP contribution in [0.25, 0.3) is 0 Å². The van der Waals surface area contributed by atoms with E-state index in [-0.39, 0.29) is 5.54 Å². The van der Waals surface area contributed by atoms with Crippen molar-refractivity contribution in [3.05, 3.63) is 37.1 Å². The van der Waals surface area contributed by atoms with Gasteiger partial charge in [-0.1, -0.05) is 25.3 Å². The molecule has 0 aromatic heterocycles. The number of hydrogen-bond donors (Lipinski definition) is 1. The fraction of sp³-hybridized carbons (Fsp3) is 0.400. The zero-order valence-electron chi connectivity index (χ0n) is 7.65. The minimum absolute atomic E-state index is 0.0859. The SMILES string of the molecule is C=C/C=C\C(=C)NC(C)(C)C. The van der Waals surface area contributed by atoms with Gasteiger partial charge in [-0.2, -0.15) is 0 Å². The van der Waals surface area contributed by atoms with E-state index in [4.69, 9.17) is 0 Å². The Morgan fingerprint density at radius 2 is 1.91 bits per heavy atom. The summed E-state index contributed by atoms with van der Waals surface area (Å²) in [6.45, 7) is 13.7. The van der Waals surface area contributed by atoms with Gasteiger partial charge in [0, 0.05) is 11.2 Å². The first kappa shape index (κ1) is 10.0. The average Bonchev–Trinajstić information content (AvgIpc) is 1.79. The van der Waals surface area contributed by atoms with E-state index >= 15 is 0 Å². The summed E-state index contributed by atoms with van der Waals surface area (Å²) in [6, 6.07) is 0. The maximum atomic E-state index is 3.83. The standard InChI is InChI=1S/C10H17N/c1-6-7-8-9(2)11-10(3,4)5/h6-8,11H,1-2H2,3-5H3/b8-7-. The molecule has 0 aromatic carbocycles. The van der Waals surface area contributed by atoms with Gasteiger partial charge in [-0.3, -0.25) is 0 Å². The van der Waals surface area contributed by atoms with Crippen LogP contribution in [0.5, 0.6) is 0 Å². The fourth-order valence-electron chi connectivity index (χ4n) is 0.708. The second-order valence-electron chi connectivity index (χ2n) is 3.50. The molecule has 1 nitrogen and oxygen atoms in total. The monoisotopic (exact) mass is 151 g/mol. The van der Waals surface area contributed by atoms with Crippen molar-refractivity contribution in [3.8, 4) is 0 Å². The maximum absolute atomic E-state index is 3.83. The van der Waals surface area contributed by atoms with Crippen molar-refractivity contribution < 1.29 is 0 Å². The van der Waals surface area contributed by atoms with E-state index in [1.165, 1.54) is 0 Å². The average molecular weight is 151 g/mol. The lowest BCUT2D eigenvalue weighted by Gasteiger charge is -2.21. The van der Waals surface area contributed by atoms with Gasteiger partial charge in [0.2, 0.25) is 0 Å². The summed E-state index contributed by atoms with van der Waals surface area (Å²) in [5.74, 6) is 0. The highest BCUT2D eigenvalue weighted by Gasteiger charge is 2.07. The van der Waals surface area contributed by atoms with Crippen LogP contribution in [0.15, 0.2) is 37.1 Å². The Kier molecular flexibility index (Phi) is 3.66. The molecular weight excluding hydrogens is 134 g/mol. The first-order chi connectivity index (χ1) is 4.95. The molecule has 0 bridgehead atoms. The van der Waals surface area contributed by atoms with E-state index in [2.05, 4.69) is 39.2 Å². The maximum Gasteiger partial charge on any atom is 0.0289 e. The topological polar surface area (TPSA) is 12.0 Å². The summed E-state index contributed by atoms with van der Waals surface area (Å²) in [4.78, 5) is 0. The summed E-state index contributed by atoms with van der Waals surface area (Å²) < 4.78 is 0. The van der Waals surface area contributed by atoms with Crippen LogP contribution in [-0.4, -0.2) is 5.54 Å². The summed E-state index contributed by atoms with van der Waals surface area (Å²) in [7, 11) is 0. The van der Waals surface area contributed by atoms with Gasteiger partial charge in [-0.25, -0.2) is 0 Å². The van der Waals surface area contributed by atoms with Gasteiger partial charge < -0.3 is 5.32 Å². The number of hydrogen-bond acceptors (Lipinski definition) is 1. The van der Waals surface area contributed by atoms with Crippen molar-refractivity contribution in [2.75, 3.05) is 0 Å². The Morgan fingerprint density at radius 1 is 1.36 bits per heavy atom. The highest BCUT2D eigenvalue weighted by Crippen LogP contribution is 2.02. The van der Waals surface area contributed by atoms with Crippen LogP contribution in [0.1, 0.15) is 20.8 Å². The lowest BCUT2D eigenvalue weighted by molar-refractivity contribution is 0.480. The summed E-state index contributed by atoms with van der Waals surface area (Å²) in [5, 5.41) is 3.22. The largest absolute Gasteiger partial charge is 0.381 e. The van der Waals surface area contributed by atoms with Crippen LogP contribution in [0.3, 0.4) is 0 Å². The molecule has 1 heteroatoms. The fourth-order valence-corrected chi connectivity index (χ4v) is 0.708. The number of nitrogens with one attached hydrogen (secondary N) is 1. The van der Waals surface area contributed by atoms with Crippen molar-refractivity contribution in [1.29, 1.82) is 0 Å². The molecule has 0 aliphatic rings. The Hall–Kier alpha value is -0.980. The zero-order chi connectivity index (χ0) is 8.91. The molecular formula is C10H17N. The van der Waals surface area contributed by atoms with Crippen molar-refractivity contribution in [3.63, 3.8) is 0 Å². The normalized spacial score (nSPS) is 11.5. The van der Waals surface area contributed by atoms with Crippen molar-refractivity contribution in [2.45, 2.75) is 26.3 Å². The number of allylic oxidation sites excluding steroid dienone is 3. The molecule has 11 heavy (non-hydrogen) atoms. The molecule has 0 aliphatic heterocycles. The van der Waals surface area contributed by atoms with Crippen molar-refractivity contribution >= 4 is 0 Å². The van der Waals surface area contributed by atoms with Gasteiger partial charge in [0.15, 0.2) is 0 Å². The molecule has 0 fully saturated rings. The van der Waals surface area contributed by atoms with Gasteiger partial charge in [-0.15, -0.1) is 0 Å². The summed E-state index contributed by atoms with van der Waals surface area (Å²) >= 11 is 0. The van der Waals surface area contributed by atoms with Gasteiger partial charge >= 0.3 is 0 Å². The van der Waals surface area contributed by atoms with Gasteiger partial charge in [0.25, 0.3) is 0 Å². The van der Waals surface area contributed by atoms with Gasteiger partial charge in [0.1, 0.15) is 0 Å². The third-order valence-corrected chi connectivity index (χ3v) is 0.969. The predicted molar refractivity (Wildman–Crippen MR) is 51.4 cm³/mol. The molecule has 0 radical (unpaired) electrons. The van der Waals surface area contributed by atoms with E-state index in [0.29, 0.717) is 0 Å². The molecule has 0 spiro atoms. The molecule has 0 saturated carbocycles. The Bertz CT molecular complexity index is 170. The first-order valence-electron chi connectivity index (χ1n) is 3.72. The zero-order valence-corrected chi connectivity index (χ0v) is 7.65. The lowest BCUT2D eigenvalue weighted by Crippen LogP contribution is -2.33. The Balaban J connectivity index is 3.89. The van der Waals surface area contributed by atoms with E-state index in [1.54, 1.807) is 6.08 Å². The second-order valence-corrected chi connectivity index (χ2v) is 3.50. The lowest BCUT2D eigenvalue weighted by atomic mass is 10.1. The Morgan fingerprint density at radius 3 is 2.27 bits per heavy atom. The highest BCUT2D eigenvalue weighted by molar-refractivity contribution is 5.17. The van der Waals surface area contributed by atoms with Crippen molar-refractivity contribution in [2.24, 2.45) is 0 Å². The molecule has 0 atom stereocenters. The first-order valence-corrected chi connectivity index (χ1v) is 3.72. The molecule has 62 valence electrons. The number of rotatable bonds is 3. The van der Waals surface area contributed by atoms with Gasteiger partial charge in [-0.05, 0) is 26.8 Å². The second kappa shape index (κ2) is 4.02. The Labute approximate surface area is 69.5 Å². The van der Waals surface area contributed by atoms with Crippen LogP contribution in [0.4, 0.5) is 0 Å².